The monoisotopic (exact) mass is 464 g/mol. The Morgan fingerprint density at radius 2 is 1.91 bits per heavy atom. The van der Waals surface area contributed by atoms with E-state index in [0.29, 0.717) is 28.4 Å². The predicted octanol–water partition coefficient (Wildman–Crippen LogP) is 2.48. The number of hydrogen-bond acceptors (Lipinski definition) is 10. The summed E-state index contributed by atoms with van der Waals surface area (Å²) in [5.41, 5.74) is 2.02. The van der Waals surface area contributed by atoms with Crippen molar-refractivity contribution in [1.29, 1.82) is 0 Å². The van der Waals surface area contributed by atoms with Crippen LogP contribution >= 0.6 is 11.8 Å². The summed E-state index contributed by atoms with van der Waals surface area (Å²) in [5, 5.41) is 7.59. The molecular weight excluding hydrogens is 448 g/mol. The van der Waals surface area contributed by atoms with Crippen LogP contribution in [0, 0.1) is 0 Å². The van der Waals surface area contributed by atoms with Crippen LogP contribution in [-0.2, 0) is 14.3 Å². The van der Waals surface area contributed by atoms with E-state index in [9.17, 15) is 14.4 Å². The van der Waals surface area contributed by atoms with Gasteiger partial charge in [-0.3, -0.25) is 9.59 Å². The molecule has 2 amide bonds. The maximum absolute atomic E-state index is 13.0. The van der Waals surface area contributed by atoms with Gasteiger partial charge in [-0.25, -0.2) is 14.7 Å². The summed E-state index contributed by atoms with van der Waals surface area (Å²) >= 11 is 1.08. The third-order valence-electron chi connectivity index (χ3n) is 5.11. The fourth-order valence-electron chi connectivity index (χ4n) is 3.49. The van der Waals surface area contributed by atoms with E-state index in [1.807, 2.05) is 6.07 Å². The second kappa shape index (κ2) is 8.51. The van der Waals surface area contributed by atoms with Crippen molar-refractivity contribution >= 4 is 35.2 Å². The fourth-order valence-corrected chi connectivity index (χ4v) is 4.42. The molecule has 33 heavy (non-hydrogen) atoms. The van der Waals surface area contributed by atoms with E-state index in [4.69, 9.17) is 9.47 Å². The third kappa shape index (κ3) is 3.98. The van der Waals surface area contributed by atoms with Gasteiger partial charge in [0.05, 0.1) is 30.3 Å². The number of rotatable bonds is 5. The highest BCUT2D eigenvalue weighted by atomic mass is 32.2. The topological polar surface area (TPSA) is 121 Å². The van der Waals surface area contributed by atoms with Crippen LogP contribution in [-0.4, -0.2) is 52.1 Å². The second-order valence-electron chi connectivity index (χ2n) is 7.11. The van der Waals surface area contributed by atoms with Gasteiger partial charge in [-0.1, -0.05) is 11.8 Å². The summed E-state index contributed by atoms with van der Waals surface area (Å²) in [6.45, 7) is 0.168. The Labute approximate surface area is 191 Å². The van der Waals surface area contributed by atoms with Crippen molar-refractivity contribution in [3.05, 3.63) is 54.2 Å². The van der Waals surface area contributed by atoms with Gasteiger partial charge in [-0.05, 0) is 42.5 Å². The summed E-state index contributed by atoms with van der Waals surface area (Å²) in [5.74, 6) is 0.0491. The molecule has 1 unspecified atom stereocenters. The number of thioether (sulfide) groups is 1. The van der Waals surface area contributed by atoms with Gasteiger partial charge < -0.3 is 14.2 Å². The average molecular weight is 464 g/mol. The summed E-state index contributed by atoms with van der Waals surface area (Å²) in [6.07, 6.45) is 1.51. The number of fused-ring (bicyclic) bond motifs is 1. The minimum Gasteiger partial charge on any atom is -0.465 e. The number of aromatic nitrogens is 3. The number of amides is 2. The first-order valence-corrected chi connectivity index (χ1v) is 10.7. The molecule has 0 radical (unpaired) electrons. The number of ether oxygens (including phenoxy) is 3. The number of carbonyl (C=O) groups is 3. The summed E-state index contributed by atoms with van der Waals surface area (Å²) in [6, 6.07) is 11.5. The van der Waals surface area contributed by atoms with Gasteiger partial charge >= 0.3 is 5.97 Å². The number of hydrogen-bond donors (Lipinski definition) is 0. The van der Waals surface area contributed by atoms with Crippen molar-refractivity contribution in [2.75, 3.05) is 18.8 Å². The molecule has 0 N–H and O–H groups in total. The molecule has 1 saturated heterocycles. The lowest BCUT2D eigenvalue weighted by atomic mass is 10.1. The molecule has 1 atom stereocenters. The Morgan fingerprint density at radius 3 is 2.70 bits per heavy atom. The first kappa shape index (κ1) is 20.9. The number of anilines is 1. The summed E-state index contributed by atoms with van der Waals surface area (Å²) in [7, 11) is 1.28. The highest BCUT2D eigenvalue weighted by molar-refractivity contribution is 8.00. The van der Waals surface area contributed by atoms with Gasteiger partial charge in [0.1, 0.15) is 5.25 Å². The smallest absolute Gasteiger partial charge is 0.337 e. The molecule has 5 rings (SSSR count). The number of imide groups is 1. The Bertz CT molecular complexity index is 1270. The molecule has 166 valence electrons. The molecular formula is C22H16N4O6S. The number of esters is 1. The fraction of sp³-hybridized carbons (Fsp3) is 0.182. The second-order valence-corrected chi connectivity index (χ2v) is 8.28. The highest BCUT2D eigenvalue weighted by Gasteiger charge is 2.40. The molecule has 0 aliphatic carbocycles. The molecule has 3 aromatic rings. The van der Waals surface area contributed by atoms with Crippen molar-refractivity contribution in [2.45, 2.75) is 16.8 Å². The number of benzene rings is 2. The molecule has 2 aliphatic rings. The lowest BCUT2D eigenvalue weighted by Crippen LogP contribution is -2.31. The van der Waals surface area contributed by atoms with Crippen molar-refractivity contribution < 1.29 is 28.6 Å². The lowest BCUT2D eigenvalue weighted by molar-refractivity contribution is -0.121. The molecule has 0 saturated carbocycles. The van der Waals surface area contributed by atoms with E-state index in [1.54, 1.807) is 12.1 Å². The van der Waals surface area contributed by atoms with E-state index >= 15 is 0 Å². The Morgan fingerprint density at radius 1 is 1.12 bits per heavy atom. The van der Waals surface area contributed by atoms with E-state index in [1.165, 1.54) is 37.6 Å². The zero-order valence-corrected chi connectivity index (χ0v) is 18.1. The number of methoxy groups -OCH3 is 1. The first-order valence-electron chi connectivity index (χ1n) is 9.85. The van der Waals surface area contributed by atoms with Crippen molar-refractivity contribution in [3.8, 4) is 22.8 Å². The quantitative estimate of drug-likeness (QED) is 0.411. The van der Waals surface area contributed by atoms with Crippen LogP contribution in [0.5, 0.6) is 11.5 Å². The van der Waals surface area contributed by atoms with Gasteiger partial charge in [0.2, 0.25) is 23.8 Å². The van der Waals surface area contributed by atoms with Gasteiger partial charge in [0, 0.05) is 12.0 Å². The van der Waals surface area contributed by atoms with Crippen LogP contribution in [0.1, 0.15) is 16.8 Å². The zero-order valence-electron chi connectivity index (χ0n) is 17.3. The summed E-state index contributed by atoms with van der Waals surface area (Å²) < 4.78 is 15.4. The Hall–Kier alpha value is -3.99. The largest absolute Gasteiger partial charge is 0.465 e. The van der Waals surface area contributed by atoms with Crippen molar-refractivity contribution in [2.24, 2.45) is 0 Å². The maximum atomic E-state index is 13.0. The van der Waals surface area contributed by atoms with E-state index < -0.39 is 11.2 Å². The molecule has 1 fully saturated rings. The average Bonchev–Trinajstić information content (AvgIpc) is 3.42. The molecule has 10 nitrogen and oxygen atoms in total. The van der Waals surface area contributed by atoms with E-state index in [-0.39, 0.29) is 30.2 Å². The molecule has 0 bridgehead atoms. The van der Waals surface area contributed by atoms with Crippen LogP contribution in [0.25, 0.3) is 11.3 Å². The molecule has 0 spiro atoms. The normalized spacial score (nSPS) is 16.9. The first-order chi connectivity index (χ1) is 16.0. The highest BCUT2D eigenvalue weighted by Crippen LogP contribution is 2.36. The van der Waals surface area contributed by atoms with Crippen molar-refractivity contribution in [1.82, 2.24) is 15.2 Å². The maximum Gasteiger partial charge on any atom is 0.337 e. The van der Waals surface area contributed by atoms with Gasteiger partial charge in [0.25, 0.3) is 0 Å². The molecule has 2 aliphatic heterocycles. The van der Waals surface area contributed by atoms with Crippen LogP contribution < -0.4 is 14.4 Å². The number of nitrogens with zero attached hydrogens (tertiary/aromatic N) is 4. The molecule has 2 aromatic carbocycles. The predicted molar refractivity (Wildman–Crippen MR) is 116 cm³/mol. The molecule has 11 heteroatoms. The Kier molecular flexibility index (Phi) is 5.38. The molecule has 3 heterocycles. The van der Waals surface area contributed by atoms with Crippen LogP contribution in [0.3, 0.4) is 0 Å². The lowest BCUT2D eigenvalue weighted by Gasteiger charge is -2.15. The minimum atomic E-state index is -0.688. The van der Waals surface area contributed by atoms with Crippen LogP contribution in [0.4, 0.5) is 5.69 Å². The Balaban J connectivity index is 1.33. The van der Waals surface area contributed by atoms with Crippen molar-refractivity contribution in [3.63, 3.8) is 0 Å². The number of carbonyl (C=O) groups excluding carboxylic acids is 3. The van der Waals surface area contributed by atoms with Crippen LogP contribution in [0.2, 0.25) is 0 Å². The third-order valence-corrected chi connectivity index (χ3v) is 6.14. The minimum absolute atomic E-state index is 0.000134. The standard InChI is InChI=1S/C22H16N4O6S/c1-30-21(29)12-2-5-14(6-3-12)26-19(27)9-18(20(26)28)33-22-24-15(10-23-25-22)13-4-7-16-17(8-13)32-11-31-16/h2-8,10,18H,9,11H2,1H3. The van der Waals surface area contributed by atoms with E-state index in [2.05, 4.69) is 19.9 Å². The van der Waals surface area contributed by atoms with Gasteiger partial charge in [-0.15, -0.1) is 5.10 Å². The van der Waals surface area contributed by atoms with Crippen LogP contribution in [0.15, 0.2) is 53.8 Å². The van der Waals surface area contributed by atoms with E-state index in [0.717, 1.165) is 22.2 Å². The summed E-state index contributed by atoms with van der Waals surface area (Å²) in [4.78, 5) is 42.7. The van der Waals surface area contributed by atoms with Gasteiger partial charge in [0.15, 0.2) is 11.5 Å². The SMILES string of the molecule is COC(=O)c1ccc(N2C(=O)CC(Sc3nncc(-c4ccc5c(c4)OCO5)n3)C2=O)cc1. The van der Waals surface area contributed by atoms with Gasteiger partial charge in [-0.2, -0.15) is 5.10 Å². The zero-order chi connectivity index (χ0) is 22.9. The molecule has 1 aromatic heterocycles.